The summed E-state index contributed by atoms with van der Waals surface area (Å²) in [5, 5.41) is 2.35. The fraction of sp³-hybridized carbons (Fsp3) is 0.235. The third-order valence-corrected chi connectivity index (χ3v) is 5.25. The molecule has 2 rings (SSSR count). The van der Waals surface area contributed by atoms with Crippen LogP contribution >= 0.6 is 0 Å². The molecule has 0 saturated heterocycles. The molecule has 0 amide bonds. The van der Waals surface area contributed by atoms with Crippen molar-refractivity contribution in [2.24, 2.45) is 0 Å². The number of esters is 1. The lowest BCUT2D eigenvalue weighted by molar-refractivity contribution is -0.106. The molecule has 27 heavy (non-hydrogen) atoms. The Morgan fingerprint density at radius 1 is 1.15 bits per heavy atom. The highest BCUT2D eigenvalue weighted by Gasteiger charge is 2.37. The van der Waals surface area contributed by atoms with E-state index in [0.717, 1.165) is 12.1 Å². The van der Waals surface area contributed by atoms with E-state index in [9.17, 15) is 30.8 Å². The highest BCUT2D eigenvalue weighted by Crippen LogP contribution is 2.28. The minimum atomic E-state index is -4.93. The van der Waals surface area contributed by atoms with Crippen LogP contribution in [0.1, 0.15) is 15.9 Å². The van der Waals surface area contributed by atoms with E-state index in [1.54, 1.807) is 18.2 Å². The van der Waals surface area contributed by atoms with Gasteiger partial charge in [0.25, 0.3) is 0 Å². The first-order valence-electron chi connectivity index (χ1n) is 7.55. The van der Waals surface area contributed by atoms with Crippen LogP contribution in [-0.2, 0) is 14.6 Å². The Labute approximate surface area is 152 Å². The van der Waals surface area contributed by atoms with Crippen LogP contribution in [0.2, 0.25) is 0 Å². The van der Waals surface area contributed by atoms with Crippen LogP contribution in [0, 0.1) is 12.7 Å². The maximum atomic E-state index is 14.0. The first kappa shape index (κ1) is 20.7. The Kier molecular flexibility index (Phi) is 6.09. The van der Waals surface area contributed by atoms with Crippen molar-refractivity contribution >= 4 is 21.5 Å². The molecule has 0 atom stereocenters. The van der Waals surface area contributed by atoms with Crippen LogP contribution in [0.3, 0.4) is 0 Å². The van der Waals surface area contributed by atoms with E-state index < -0.39 is 50.9 Å². The summed E-state index contributed by atoms with van der Waals surface area (Å²) in [6, 6.07) is 9.46. The number of carbonyl (C=O) groups excluding carboxylic acids is 1. The van der Waals surface area contributed by atoms with Gasteiger partial charge in [0.15, 0.2) is 22.3 Å². The van der Waals surface area contributed by atoms with E-state index in [-0.39, 0.29) is 11.1 Å². The van der Waals surface area contributed by atoms with E-state index in [4.69, 9.17) is 4.74 Å². The summed E-state index contributed by atoms with van der Waals surface area (Å²) in [5.74, 6) is -3.66. The second-order valence-corrected chi connectivity index (χ2v) is 7.55. The Bertz CT molecular complexity index is 928. The second-order valence-electron chi connectivity index (χ2n) is 5.59. The van der Waals surface area contributed by atoms with Gasteiger partial charge in [0.2, 0.25) is 0 Å². The van der Waals surface area contributed by atoms with Crippen molar-refractivity contribution in [3.8, 4) is 0 Å². The number of nitrogens with one attached hydrogen (secondary N) is 1. The molecule has 0 aromatic heterocycles. The lowest BCUT2D eigenvalue weighted by Crippen LogP contribution is -2.23. The molecule has 2 aromatic rings. The highest BCUT2D eigenvalue weighted by atomic mass is 32.2. The fourth-order valence-corrected chi connectivity index (χ4v) is 3.69. The van der Waals surface area contributed by atoms with E-state index >= 15 is 0 Å². The summed E-state index contributed by atoms with van der Waals surface area (Å²) in [5.41, 5.74) is -0.317. The number of rotatable bonds is 6. The Morgan fingerprint density at radius 2 is 1.78 bits per heavy atom. The van der Waals surface area contributed by atoms with Crippen LogP contribution in [-0.4, -0.2) is 33.0 Å². The molecule has 10 heteroatoms. The first-order valence-corrected chi connectivity index (χ1v) is 9.20. The molecule has 1 N–H and O–H groups in total. The van der Waals surface area contributed by atoms with Crippen molar-refractivity contribution in [2.75, 3.05) is 17.8 Å². The van der Waals surface area contributed by atoms with Gasteiger partial charge in [-0.25, -0.2) is 17.6 Å². The van der Waals surface area contributed by atoms with Gasteiger partial charge in [0.05, 0.1) is 16.1 Å². The highest BCUT2D eigenvalue weighted by molar-refractivity contribution is 7.91. The molecular formula is C17H15F4NO4S. The van der Waals surface area contributed by atoms with E-state index in [1.807, 2.05) is 0 Å². The van der Waals surface area contributed by atoms with Gasteiger partial charge in [-0.2, -0.15) is 13.2 Å². The molecule has 0 heterocycles. The summed E-state index contributed by atoms with van der Waals surface area (Å²) in [6.45, 7) is 0.679. The molecular weight excluding hydrogens is 390 g/mol. The predicted octanol–water partition coefficient (Wildman–Crippen LogP) is 3.70. The molecule has 0 fully saturated rings. The maximum Gasteiger partial charge on any atom is 0.403 e. The zero-order chi connectivity index (χ0) is 20.2. The van der Waals surface area contributed by atoms with Crippen LogP contribution in [0.4, 0.5) is 23.2 Å². The molecule has 5 nitrogen and oxygen atoms in total. The molecule has 0 bridgehead atoms. The largest absolute Gasteiger partial charge is 0.441 e. The first-order chi connectivity index (χ1) is 12.5. The van der Waals surface area contributed by atoms with Crippen LogP contribution < -0.4 is 5.32 Å². The molecule has 0 aliphatic heterocycles. The van der Waals surface area contributed by atoms with Crippen molar-refractivity contribution in [3.05, 3.63) is 59.4 Å². The Hall–Kier alpha value is -2.62. The monoisotopic (exact) mass is 405 g/mol. The molecule has 0 aliphatic rings. The zero-order valence-electron chi connectivity index (χ0n) is 14.0. The average Bonchev–Trinajstić information content (AvgIpc) is 2.55. The zero-order valence-corrected chi connectivity index (χ0v) is 14.8. The molecule has 0 aliphatic carbocycles. The summed E-state index contributed by atoms with van der Waals surface area (Å²) in [4.78, 5) is 11.1. The topological polar surface area (TPSA) is 72.5 Å². The van der Waals surface area contributed by atoms with Gasteiger partial charge in [0.1, 0.15) is 5.82 Å². The van der Waals surface area contributed by atoms with Gasteiger partial charge < -0.3 is 10.1 Å². The van der Waals surface area contributed by atoms with Gasteiger partial charge in [-0.05, 0) is 36.8 Å². The van der Waals surface area contributed by atoms with Gasteiger partial charge in [0, 0.05) is 0 Å². The standard InChI is InChI=1S/C17H15F4NO4S/c1-11-7-13(18)14(8-15(11)27(24,25)9-17(19,20)21)22-10-26-16(23)12-5-3-2-4-6-12/h2-8,22H,9-10H2,1H3. The number of hydrogen-bond donors (Lipinski definition) is 1. The number of sulfone groups is 1. The summed E-state index contributed by atoms with van der Waals surface area (Å²) in [6.07, 6.45) is -4.93. The number of alkyl halides is 3. The molecule has 0 spiro atoms. The molecule has 146 valence electrons. The maximum absolute atomic E-state index is 14.0. The number of hydrogen-bond acceptors (Lipinski definition) is 5. The smallest absolute Gasteiger partial charge is 0.403 e. The summed E-state index contributed by atoms with van der Waals surface area (Å²) < 4.78 is 80.2. The minimum Gasteiger partial charge on any atom is -0.441 e. The van der Waals surface area contributed by atoms with E-state index in [1.165, 1.54) is 19.1 Å². The normalized spacial score (nSPS) is 11.9. The van der Waals surface area contributed by atoms with Crippen LogP contribution in [0.25, 0.3) is 0 Å². The van der Waals surface area contributed by atoms with Crippen LogP contribution in [0.15, 0.2) is 47.4 Å². The third kappa shape index (κ3) is 5.68. The van der Waals surface area contributed by atoms with Crippen molar-refractivity contribution in [3.63, 3.8) is 0 Å². The number of benzene rings is 2. The van der Waals surface area contributed by atoms with E-state index in [0.29, 0.717) is 0 Å². The lowest BCUT2D eigenvalue weighted by atomic mass is 10.2. The molecule has 0 saturated carbocycles. The van der Waals surface area contributed by atoms with Gasteiger partial charge >= 0.3 is 12.1 Å². The van der Waals surface area contributed by atoms with Gasteiger partial charge in [-0.3, -0.25) is 0 Å². The fourth-order valence-electron chi connectivity index (χ4n) is 2.25. The van der Waals surface area contributed by atoms with Crippen molar-refractivity contribution in [2.45, 2.75) is 18.0 Å². The lowest BCUT2D eigenvalue weighted by Gasteiger charge is -2.14. The number of ether oxygens (including phenoxy) is 1. The van der Waals surface area contributed by atoms with E-state index in [2.05, 4.69) is 5.32 Å². The summed E-state index contributed by atoms with van der Waals surface area (Å²) in [7, 11) is -4.71. The number of anilines is 1. The number of halogens is 4. The Balaban J connectivity index is 2.15. The molecule has 0 unspecified atom stereocenters. The summed E-state index contributed by atoms with van der Waals surface area (Å²) >= 11 is 0. The third-order valence-electron chi connectivity index (χ3n) is 3.43. The average molecular weight is 405 g/mol. The SMILES string of the molecule is Cc1cc(F)c(NCOC(=O)c2ccccc2)cc1S(=O)(=O)CC(F)(F)F. The second kappa shape index (κ2) is 7.95. The van der Waals surface area contributed by atoms with Crippen molar-refractivity contribution < 1.29 is 35.5 Å². The quantitative estimate of drug-likeness (QED) is 0.343. The number of carbonyl (C=O) groups is 1. The number of aryl methyl sites for hydroxylation is 1. The Morgan fingerprint density at radius 3 is 2.37 bits per heavy atom. The predicted molar refractivity (Wildman–Crippen MR) is 89.6 cm³/mol. The van der Waals surface area contributed by atoms with Crippen molar-refractivity contribution in [1.29, 1.82) is 0 Å². The molecule has 0 radical (unpaired) electrons. The van der Waals surface area contributed by atoms with Crippen LogP contribution in [0.5, 0.6) is 0 Å². The minimum absolute atomic E-state index is 0.163. The van der Waals surface area contributed by atoms with Gasteiger partial charge in [-0.1, -0.05) is 18.2 Å². The van der Waals surface area contributed by atoms with Gasteiger partial charge in [-0.15, -0.1) is 0 Å². The van der Waals surface area contributed by atoms with Crippen molar-refractivity contribution in [1.82, 2.24) is 0 Å². The molecule has 2 aromatic carbocycles.